The SMILES string of the molecule is C=Cc1cccc(OCCOCc2ccccc2)c1. The molecule has 0 amide bonds. The van der Waals surface area contributed by atoms with Gasteiger partial charge in [-0.3, -0.25) is 0 Å². The van der Waals surface area contributed by atoms with Crippen LogP contribution in [0.1, 0.15) is 11.1 Å². The summed E-state index contributed by atoms with van der Waals surface area (Å²) in [7, 11) is 0. The number of benzene rings is 2. The first kappa shape index (κ1) is 13.4. The van der Waals surface area contributed by atoms with Gasteiger partial charge in [-0.25, -0.2) is 0 Å². The summed E-state index contributed by atoms with van der Waals surface area (Å²) >= 11 is 0. The topological polar surface area (TPSA) is 18.5 Å². The Morgan fingerprint density at radius 3 is 2.58 bits per heavy atom. The predicted octanol–water partition coefficient (Wildman–Crippen LogP) is 3.93. The molecular formula is C17H18O2. The van der Waals surface area contributed by atoms with Crippen molar-refractivity contribution in [2.24, 2.45) is 0 Å². The minimum atomic E-state index is 0.549. The van der Waals surface area contributed by atoms with Gasteiger partial charge in [0.15, 0.2) is 0 Å². The molecule has 2 aromatic carbocycles. The van der Waals surface area contributed by atoms with Crippen molar-refractivity contribution < 1.29 is 9.47 Å². The zero-order valence-corrected chi connectivity index (χ0v) is 10.9. The lowest BCUT2D eigenvalue weighted by Gasteiger charge is -2.07. The highest BCUT2D eigenvalue weighted by atomic mass is 16.5. The highest BCUT2D eigenvalue weighted by Gasteiger charge is 1.95. The normalized spacial score (nSPS) is 10.1. The van der Waals surface area contributed by atoms with E-state index in [9.17, 15) is 0 Å². The van der Waals surface area contributed by atoms with Crippen LogP contribution in [0.15, 0.2) is 61.2 Å². The van der Waals surface area contributed by atoms with Crippen LogP contribution in [0.4, 0.5) is 0 Å². The fraction of sp³-hybridized carbons (Fsp3) is 0.176. The Labute approximate surface area is 114 Å². The molecule has 0 radical (unpaired) electrons. The van der Waals surface area contributed by atoms with Crippen molar-refractivity contribution >= 4 is 6.08 Å². The van der Waals surface area contributed by atoms with E-state index < -0.39 is 0 Å². The summed E-state index contributed by atoms with van der Waals surface area (Å²) in [5.41, 5.74) is 2.24. The molecule has 0 atom stereocenters. The van der Waals surface area contributed by atoms with Crippen LogP contribution in [-0.2, 0) is 11.3 Å². The molecule has 0 aliphatic heterocycles. The van der Waals surface area contributed by atoms with Gasteiger partial charge in [0, 0.05) is 0 Å². The van der Waals surface area contributed by atoms with Gasteiger partial charge in [-0.05, 0) is 23.3 Å². The predicted molar refractivity (Wildman–Crippen MR) is 78.1 cm³/mol. The van der Waals surface area contributed by atoms with Crippen molar-refractivity contribution in [3.63, 3.8) is 0 Å². The largest absolute Gasteiger partial charge is 0.491 e. The van der Waals surface area contributed by atoms with Crippen LogP contribution in [0, 0.1) is 0 Å². The number of hydrogen-bond donors (Lipinski definition) is 0. The summed E-state index contributed by atoms with van der Waals surface area (Å²) in [4.78, 5) is 0. The number of ether oxygens (including phenoxy) is 2. The Morgan fingerprint density at radius 1 is 0.947 bits per heavy atom. The van der Waals surface area contributed by atoms with Gasteiger partial charge in [-0.2, -0.15) is 0 Å². The third kappa shape index (κ3) is 4.60. The van der Waals surface area contributed by atoms with Crippen molar-refractivity contribution in [3.05, 3.63) is 72.3 Å². The number of rotatable bonds is 7. The lowest BCUT2D eigenvalue weighted by atomic mass is 10.2. The van der Waals surface area contributed by atoms with Crippen LogP contribution in [0.3, 0.4) is 0 Å². The lowest BCUT2D eigenvalue weighted by Crippen LogP contribution is -2.06. The van der Waals surface area contributed by atoms with Crippen LogP contribution in [0.25, 0.3) is 6.08 Å². The van der Waals surface area contributed by atoms with E-state index in [0.717, 1.165) is 11.3 Å². The molecule has 0 bridgehead atoms. The third-order valence-electron chi connectivity index (χ3n) is 2.70. The van der Waals surface area contributed by atoms with E-state index in [2.05, 4.69) is 18.7 Å². The Balaban J connectivity index is 1.68. The van der Waals surface area contributed by atoms with E-state index in [1.165, 1.54) is 5.56 Å². The molecule has 2 aromatic rings. The maximum absolute atomic E-state index is 5.61. The second kappa shape index (κ2) is 7.39. The van der Waals surface area contributed by atoms with E-state index in [4.69, 9.17) is 9.47 Å². The van der Waals surface area contributed by atoms with Crippen molar-refractivity contribution in [1.29, 1.82) is 0 Å². The van der Waals surface area contributed by atoms with Crippen molar-refractivity contribution in [3.8, 4) is 5.75 Å². The maximum atomic E-state index is 5.61. The molecule has 0 fully saturated rings. The smallest absolute Gasteiger partial charge is 0.120 e. The van der Waals surface area contributed by atoms with Crippen LogP contribution in [0.2, 0.25) is 0 Å². The quantitative estimate of drug-likeness (QED) is 0.697. The lowest BCUT2D eigenvalue weighted by molar-refractivity contribution is 0.0889. The molecule has 0 saturated heterocycles. The van der Waals surface area contributed by atoms with Crippen molar-refractivity contribution in [2.75, 3.05) is 13.2 Å². The standard InChI is InChI=1S/C17H18O2/c1-2-15-9-6-10-17(13-15)19-12-11-18-14-16-7-4-3-5-8-16/h2-10,13H,1,11-12,14H2. The minimum absolute atomic E-state index is 0.549. The van der Waals surface area contributed by atoms with Gasteiger partial charge in [0.05, 0.1) is 13.2 Å². The van der Waals surface area contributed by atoms with Crippen LogP contribution < -0.4 is 4.74 Å². The summed E-state index contributed by atoms with van der Waals surface area (Å²) in [6.07, 6.45) is 1.80. The molecule has 0 aromatic heterocycles. The minimum Gasteiger partial charge on any atom is -0.491 e. The van der Waals surface area contributed by atoms with Gasteiger partial charge in [-0.15, -0.1) is 0 Å². The fourth-order valence-corrected chi connectivity index (χ4v) is 1.71. The summed E-state index contributed by atoms with van der Waals surface area (Å²) in [5.74, 6) is 0.848. The van der Waals surface area contributed by atoms with Crippen molar-refractivity contribution in [2.45, 2.75) is 6.61 Å². The van der Waals surface area contributed by atoms with Crippen LogP contribution in [-0.4, -0.2) is 13.2 Å². The molecule has 0 saturated carbocycles. The van der Waals surface area contributed by atoms with E-state index in [-0.39, 0.29) is 0 Å². The average Bonchev–Trinajstić information content (AvgIpc) is 2.48. The van der Waals surface area contributed by atoms with Gasteiger partial charge in [-0.1, -0.05) is 55.1 Å². The Bertz CT molecular complexity index is 506. The second-order valence-corrected chi connectivity index (χ2v) is 4.16. The summed E-state index contributed by atoms with van der Waals surface area (Å²) < 4.78 is 11.2. The van der Waals surface area contributed by atoms with E-state index in [1.54, 1.807) is 6.08 Å². The first-order valence-corrected chi connectivity index (χ1v) is 6.35. The second-order valence-electron chi connectivity index (χ2n) is 4.16. The molecule has 0 heterocycles. The first-order valence-electron chi connectivity index (χ1n) is 6.35. The maximum Gasteiger partial charge on any atom is 0.120 e. The van der Waals surface area contributed by atoms with Gasteiger partial charge in [0.1, 0.15) is 12.4 Å². The highest BCUT2D eigenvalue weighted by molar-refractivity contribution is 5.49. The molecule has 0 spiro atoms. The van der Waals surface area contributed by atoms with Crippen LogP contribution in [0.5, 0.6) is 5.75 Å². The van der Waals surface area contributed by atoms with Gasteiger partial charge in [0.25, 0.3) is 0 Å². The van der Waals surface area contributed by atoms with E-state index in [1.807, 2.05) is 42.5 Å². The van der Waals surface area contributed by atoms with Crippen LogP contribution >= 0.6 is 0 Å². The summed E-state index contributed by atoms with van der Waals surface area (Å²) in [6.45, 7) is 5.48. The van der Waals surface area contributed by atoms with Gasteiger partial charge in [0.2, 0.25) is 0 Å². The summed E-state index contributed by atoms with van der Waals surface area (Å²) in [6, 6.07) is 18.0. The molecule has 19 heavy (non-hydrogen) atoms. The first-order chi connectivity index (χ1) is 9.38. The molecule has 0 aliphatic rings. The number of hydrogen-bond acceptors (Lipinski definition) is 2. The highest BCUT2D eigenvalue weighted by Crippen LogP contribution is 2.13. The summed E-state index contributed by atoms with van der Waals surface area (Å²) in [5, 5.41) is 0. The third-order valence-corrected chi connectivity index (χ3v) is 2.70. The Kier molecular flexibility index (Phi) is 5.20. The molecule has 98 valence electrons. The molecule has 2 rings (SSSR count). The molecule has 0 aliphatic carbocycles. The van der Waals surface area contributed by atoms with Crippen molar-refractivity contribution in [1.82, 2.24) is 0 Å². The molecule has 0 unspecified atom stereocenters. The fourth-order valence-electron chi connectivity index (χ4n) is 1.71. The molecule has 0 N–H and O–H groups in total. The van der Waals surface area contributed by atoms with E-state index in [0.29, 0.717) is 19.8 Å². The Morgan fingerprint density at radius 2 is 1.79 bits per heavy atom. The molecular weight excluding hydrogens is 236 g/mol. The Hall–Kier alpha value is -2.06. The van der Waals surface area contributed by atoms with E-state index >= 15 is 0 Å². The zero-order chi connectivity index (χ0) is 13.3. The monoisotopic (exact) mass is 254 g/mol. The molecule has 2 nitrogen and oxygen atoms in total. The van der Waals surface area contributed by atoms with Gasteiger partial charge < -0.3 is 9.47 Å². The average molecular weight is 254 g/mol. The molecule has 2 heteroatoms. The van der Waals surface area contributed by atoms with Gasteiger partial charge >= 0.3 is 0 Å². The zero-order valence-electron chi connectivity index (χ0n) is 10.9.